The zero-order chi connectivity index (χ0) is 40.9. The second kappa shape index (κ2) is 17.4. The maximum atomic E-state index is 15.9. The van der Waals surface area contributed by atoms with Crippen molar-refractivity contribution in [1.82, 2.24) is 9.80 Å². The fraction of sp³-hybridized carbons (Fsp3) is 0.410. The summed E-state index contributed by atoms with van der Waals surface area (Å²) in [6.45, 7) is 4.35. The normalized spacial score (nSPS) is 13.6. The number of hydrogen-bond donors (Lipinski definition) is 0. The maximum Gasteiger partial charge on any atom is 0.306 e. The van der Waals surface area contributed by atoms with Gasteiger partial charge in [0.25, 0.3) is 11.8 Å². The summed E-state index contributed by atoms with van der Waals surface area (Å²) in [5.41, 5.74) is -0.452. The molecule has 14 nitrogen and oxygen atoms in total. The summed E-state index contributed by atoms with van der Waals surface area (Å²) < 4.78 is 58.7. The molecule has 0 saturated carbocycles. The maximum absolute atomic E-state index is 15.9. The number of amides is 3. The summed E-state index contributed by atoms with van der Waals surface area (Å²) in [6, 6.07) is 4.27. The minimum atomic E-state index is -0.861. The van der Waals surface area contributed by atoms with Gasteiger partial charge in [0.1, 0.15) is 23.8 Å². The van der Waals surface area contributed by atoms with Crippen LogP contribution >= 0.6 is 11.3 Å². The number of Topliss-reactive ketones (excluding diaryl/α,β-unsaturated/α-hetero) is 2. The molecule has 1 aromatic heterocycles. The van der Waals surface area contributed by atoms with Gasteiger partial charge in [-0.05, 0) is 38.5 Å². The summed E-state index contributed by atoms with van der Waals surface area (Å²) in [6.07, 6.45) is 1.02. The van der Waals surface area contributed by atoms with Crippen molar-refractivity contribution >= 4 is 62.6 Å². The number of halogens is 2. The predicted octanol–water partition coefficient (Wildman–Crippen LogP) is 5.24. The highest BCUT2D eigenvalue weighted by Crippen LogP contribution is 2.41. The van der Waals surface area contributed by atoms with Gasteiger partial charge in [0, 0.05) is 66.2 Å². The van der Waals surface area contributed by atoms with E-state index >= 15 is 8.78 Å². The van der Waals surface area contributed by atoms with Crippen molar-refractivity contribution in [2.24, 2.45) is 0 Å². The van der Waals surface area contributed by atoms with Gasteiger partial charge in [-0.1, -0.05) is 0 Å². The monoisotopic (exact) mass is 798 g/mol. The van der Waals surface area contributed by atoms with E-state index in [0.29, 0.717) is 10.3 Å². The van der Waals surface area contributed by atoms with E-state index < -0.39 is 59.0 Å². The third-order valence-electron chi connectivity index (χ3n) is 8.74. The largest absolute Gasteiger partial charge is 0.496 e. The lowest BCUT2D eigenvalue weighted by Crippen LogP contribution is -2.33. The number of fused-ring (bicyclic) bond motifs is 2. The van der Waals surface area contributed by atoms with E-state index in [-0.39, 0.29) is 103 Å². The predicted molar refractivity (Wildman–Crippen MR) is 195 cm³/mol. The van der Waals surface area contributed by atoms with Gasteiger partial charge in [0.2, 0.25) is 5.91 Å². The van der Waals surface area contributed by atoms with E-state index in [9.17, 15) is 33.6 Å². The number of methoxy groups -OCH3 is 2. The minimum Gasteiger partial charge on any atom is -0.496 e. The number of nitrogens with zero attached hydrogens (tertiary/aromatic N) is 2. The Morgan fingerprint density at radius 1 is 0.786 bits per heavy atom. The number of carbonyl (C=O) groups is 7. The molecular weight excluding hydrogens is 758 g/mol. The number of imide groups is 1. The molecular formula is C39H40F2N2O12S. The Balaban J connectivity index is 1.18. The molecule has 0 unspecified atom stereocenters. The number of thiophene rings is 1. The Bertz CT molecular complexity index is 2120. The molecule has 0 radical (unpaired) electrons. The molecule has 3 aromatic rings. The van der Waals surface area contributed by atoms with Gasteiger partial charge in [-0.3, -0.25) is 38.5 Å². The lowest BCUT2D eigenvalue weighted by Gasteiger charge is -2.20. The topological polar surface area (TPSA) is 172 Å². The molecule has 17 heteroatoms. The van der Waals surface area contributed by atoms with Crippen LogP contribution in [0.2, 0.25) is 0 Å². The number of ether oxygens (including phenoxy) is 5. The van der Waals surface area contributed by atoms with Crippen molar-refractivity contribution < 1.29 is 66.0 Å². The van der Waals surface area contributed by atoms with E-state index in [4.69, 9.17) is 23.7 Å². The molecule has 56 heavy (non-hydrogen) atoms. The average Bonchev–Trinajstić information content (AvgIpc) is 3.86. The van der Waals surface area contributed by atoms with Crippen molar-refractivity contribution in [3.8, 4) is 17.2 Å². The molecule has 0 bridgehead atoms. The van der Waals surface area contributed by atoms with Gasteiger partial charge in [-0.2, -0.15) is 0 Å². The first kappa shape index (κ1) is 41.5. The van der Waals surface area contributed by atoms with Gasteiger partial charge in [0.05, 0.1) is 50.7 Å². The Labute approximate surface area is 324 Å². The standard InChI is InChI=1S/C39H40F2N2O12S/c1-39(2,3)55-34(50)11-9-30(46)42-19-21-16-26(51-4)35(36(40)23(21)20-42)25(45)12-14-54-38-27(52-5)18-28-22(37(38)41)17-29(56-28)24(44)6-10-33(49)53-15-13-43-31(47)7-8-32(43)48/h7-8,16-18H,6,9-15,19-20H2,1-5H3. The van der Waals surface area contributed by atoms with Crippen molar-refractivity contribution in [2.45, 2.75) is 71.6 Å². The van der Waals surface area contributed by atoms with Crippen LogP contribution in [0.1, 0.15) is 84.0 Å². The number of ketones is 2. The number of esters is 2. The summed E-state index contributed by atoms with van der Waals surface area (Å²) in [5, 5.41) is 0.0353. The summed E-state index contributed by atoms with van der Waals surface area (Å²) >= 11 is 0.973. The second-order valence-electron chi connectivity index (χ2n) is 13.8. The molecule has 3 heterocycles. The van der Waals surface area contributed by atoms with Crippen LogP contribution in [-0.4, -0.2) is 90.6 Å². The Hall–Kier alpha value is -5.71. The number of benzene rings is 2. The summed E-state index contributed by atoms with van der Waals surface area (Å²) in [4.78, 5) is 89.1. The van der Waals surface area contributed by atoms with Crippen LogP contribution in [0.15, 0.2) is 30.4 Å². The highest BCUT2D eigenvalue weighted by molar-refractivity contribution is 7.20. The third kappa shape index (κ3) is 9.56. The fourth-order valence-corrected chi connectivity index (χ4v) is 7.10. The SMILES string of the molecule is COc1cc2sc(C(=O)CCC(=O)OCCN3C(=O)C=CC3=O)cc2c(F)c1OCCC(=O)c1c(OC)cc2c(c1F)CN(C(=O)CCC(=O)OC(C)(C)C)C2. The van der Waals surface area contributed by atoms with E-state index in [1.54, 1.807) is 20.8 Å². The molecule has 3 amide bonds. The van der Waals surface area contributed by atoms with Crippen LogP contribution in [0.4, 0.5) is 8.78 Å². The number of carbonyl (C=O) groups excluding carboxylic acids is 7. The highest BCUT2D eigenvalue weighted by Gasteiger charge is 2.32. The van der Waals surface area contributed by atoms with Crippen molar-refractivity contribution in [1.29, 1.82) is 0 Å². The van der Waals surface area contributed by atoms with Crippen LogP contribution in [0, 0.1) is 11.6 Å². The molecule has 2 aliphatic heterocycles. The molecule has 5 rings (SSSR count). The lowest BCUT2D eigenvalue weighted by molar-refractivity contribution is -0.156. The third-order valence-corrected chi connectivity index (χ3v) is 9.86. The number of rotatable bonds is 17. The van der Waals surface area contributed by atoms with E-state index in [1.807, 2.05) is 0 Å². The Morgan fingerprint density at radius 3 is 2.12 bits per heavy atom. The van der Waals surface area contributed by atoms with Crippen molar-refractivity contribution in [3.63, 3.8) is 0 Å². The molecule has 0 N–H and O–H groups in total. The van der Waals surface area contributed by atoms with Crippen molar-refractivity contribution in [2.75, 3.05) is 34.0 Å². The van der Waals surface area contributed by atoms with Crippen molar-refractivity contribution in [3.05, 3.63) is 63.6 Å². The zero-order valence-electron chi connectivity index (χ0n) is 31.4. The lowest BCUT2D eigenvalue weighted by atomic mass is 9.99. The summed E-state index contributed by atoms with van der Waals surface area (Å²) in [7, 11) is 2.56. The quantitative estimate of drug-likeness (QED) is 0.0989. The Morgan fingerprint density at radius 2 is 1.46 bits per heavy atom. The average molecular weight is 799 g/mol. The molecule has 2 aliphatic rings. The molecule has 298 valence electrons. The minimum absolute atomic E-state index is 0.0187. The van der Waals surface area contributed by atoms with Gasteiger partial charge in [0.15, 0.2) is 28.9 Å². The van der Waals surface area contributed by atoms with Crippen LogP contribution in [0.5, 0.6) is 17.2 Å². The van der Waals surface area contributed by atoms with Crippen LogP contribution < -0.4 is 14.2 Å². The highest BCUT2D eigenvalue weighted by atomic mass is 32.1. The van der Waals surface area contributed by atoms with E-state index in [0.717, 1.165) is 28.4 Å². The molecule has 2 aromatic carbocycles. The summed E-state index contributed by atoms with van der Waals surface area (Å²) in [5.74, 6) is -5.92. The van der Waals surface area contributed by atoms with Gasteiger partial charge < -0.3 is 28.6 Å². The first-order chi connectivity index (χ1) is 26.5. The smallest absolute Gasteiger partial charge is 0.306 e. The zero-order valence-corrected chi connectivity index (χ0v) is 32.2. The molecule has 0 atom stereocenters. The van der Waals surface area contributed by atoms with E-state index in [2.05, 4.69) is 0 Å². The van der Waals surface area contributed by atoms with Gasteiger partial charge in [-0.25, -0.2) is 8.78 Å². The fourth-order valence-electron chi connectivity index (χ4n) is 6.05. The molecule has 0 spiro atoms. The van der Waals surface area contributed by atoms with Crippen LogP contribution in [-0.2, 0) is 46.5 Å². The first-order valence-electron chi connectivity index (χ1n) is 17.6. The van der Waals surface area contributed by atoms with Gasteiger partial charge in [-0.15, -0.1) is 11.3 Å². The van der Waals surface area contributed by atoms with E-state index in [1.165, 1.54) is 37.3 Å². The van der Waals surface area contributed by atoms with Crippen LogP contribution in [0.3, 0.4) is 0 Å². The number of hydrogen-bond acceptors (Lipinski definition) is 13. The second-order valence-corrected chi connectivity index (χ2v) is 14.9. The molecule has 0 saturated heterocycles. The van der Waals surface area contributed by atoms with Crippen LogP contribution in [0.25, 0.3) is 10.1 Å². The molecule has 0 fully saturated rings. The Kier molecular flexibility index (Phi) is 12.9. The molecule has 0 aliphatic carbocycles. The first-order valence-corrected chi connectivity index (χ1v) is 18.4. The van der Waals surface area contributed by atoms with Gasteiger partial charge >= 0.3 is 11.9 Å².